The first kappa shape index (κ1) is 26.3. The first-order valence-corrected chi connectivity index (χ1v) is 12.3. The van der Waals surface area contributed by atoms with Gasteiger partial charge in [0.2, 0.25) is 5.91 Å². The Hall–Kier alpha value is -2.35. The number of aliphatic carboxylic acids is 1. The van der Waals surface area contributed by atoms with Crippen molar-refractivity contribution in [3.8, 4) is 0 Å². The summed E-state index contributed by atoms with van der Waals surface area (Å²) >= 11 is 0. The van der Waals surface area contributed by atoms with Gasteiger partial charge in [0.15, 0.2) is 0 Å². The van der Waals surface area contributed by atoms with Gasteiger partial charge in [-0.25, -0.2) is 0 Å². The van der Waals surface area contributed by atoms with Crippen molar-refractivity contribution in [1.82, 2.24) is 15.5 Å². The molecule has 4 atom stereocenters. The summed E-state index contributed by atoms with van der Waals surface area (Å²) in [6.07, 6.45) is 2.33. The smallest absolute Gasteiger partial charge is 0.311 e. The Morgan fingerprint density at radius 2 is 1.79 bits per heavy atom. The molecule has 0 aromatic carbocycles. The molecule has 2 aliphatic rings. The number of furan rings is 1. The van der Waals surface area contributed by atoms with Crippen LogP contribution >= 0.6 is 0 Å². The molecule has 1 aromatic heterocycles. The number of likely N-dealkylation sites (tertiary alicyclic amines) is 1. The SMILES string of the molecule is Cc1oc(C(C)(C)C)cc1C(=O)N[C@H]1CCN([C@H]2CC[C@@H](NC(C)(C)C)C[C@@]2(C)C(=O)O)C1=O. The minimum Gasteiger partial charge on any atom is -0.481 e. The third kappa shape index (κ3) is 5.32. The summed E-state index contributed by atoms with van der Waals surface area (Å²) in [4.78, 5) is 40.3. The van der Waals surface area contributed by atoms with Crippen LogP contribution in [0, 0.1) is 12.3 Å². The maximum Gasteiger partial charge on any atom is 0.311 e. The Labute approximate surface area is 202 Å². The average Bonchev–Trinajstić information content (AvgIpc) is 3.24. The molecule has 2 amide bonds. The van der Waals surface area contributed by atoms with Gasteiger partial charge in [-0.2, -0.15) is 0 Å². The van der Waals surface area contributed by atoms with Gasteiger partial charge in [0.1, 0.15) is 17.6 Å². The Bertz CT molecular complexity index is 955. The van der Waals surface area contributed by atoms with E-state index in [0.29, 0.717) is 42.9 Å². The van der Waals surface area contributed by atoms with E-state index >= 15 is 0 Å². The number of aryl methyl sites for hydroxylation is 1. The Morgan fingerprint density at radius 3 is 2.32 bits per heavy atom. The molecule has 8 heteroatoms. The third-order valence-corrected chi connectivity index (χ3v) is 7.14. The molecule has 3 rings (SSSR count). The summed E-state index contributed by atoms with van der Waals surface area (Å²) in [6.45, 7) is 16.2. The lowest BCUT2D eigenvalue weighted by Gasteiger charge is -2.47. The zero-order chi connectivity index (χ0) is 25.6. The second kappa shape index (κ2) is 9.02. The molecule has 1 saturated carbocycles. The number of carboxylic acid groups (broad SMARTS) is 1. The molecule has 2 fully saturated rings. The van der Waals surface area contributed by atoms with Crippen molar-refractivity contribution in [2.45, 2.75) is 110 Å². The van der Waals surface area contributed by atoms with Gasteiger partial charge in [0.05, 0.1) is 11.0 Å². The summed E-state index contributed by atoms with van der Waals surface area (Å²) < 4.78 is 5.78. The molecule has 34 heavy (non-hydrogen) atoms. The zero-order valence-electron chi connectivity index (χ0n) is 21.9. The van der Waals surface area contributed by atoms with Crippen LogP contribution in [0.15, 0.2) is 10.5 Å². The van der Waals surface area contributed by atoms with E-state index in [1.165, 1.54) is 0 Å². The van der Waals surface area contributed by atoms with Crippen molar-refractivity contribution in [2.24, 2.45) is 5.41 Å². The van der Waals surface area contributed by atoms with Crippen LogP contribution in [0.1, 0.15) is 96.0 Å². The molecular weight excluding hydrogens is 434 g/mol. The highest BCUT2D eigenvalue weighted by Gasteiger charge is 2.52. The molecular formula is C26H41N3O5. The topological polar surface area (TPSA) is 112 Å². The summed E-state index contributed by atoms with van der Waals surface area (Å²) in [7, 11) is 0. The number of nitrogens with zero attached hydrogens (tertiary/aromatic N) is 1. The van der Waals surface area contributed by atoms with Crippen molar-refractivity contribution in [3.63, 3.8) is 0 Å². The summed E-state index contributed by atoms with van der Waals surface area (Å²) in [5.41, 5.74) is -0.974. The summed E-state index contributed by atoms with van der Waals surface area (Å²) in [5, 5.41) is 16.5. The highest BCUT2D eigenvalue weighted by atomic mass is 16.4. The molecule has 1 saturated heterocycles. The van der Waals surface area contributed by atoms with Gasteiger partial charge in [0, 0.05) is 29.6 Å². The second-order valence-electron chi connectivity index (χ2n) is 12.3. The van der Waals surface area contributed by atoms with Gasteiger partial charge in [0.25, 0.3) is 5.91 Å². The maximum absolute atomic E-state index is 13.3. The zero-order valence-corrected chi connectivity index (χ0v) is 21.9. The normalized spacial score (nSPS) is 28.3. The van der Waals surface area contributed by atoms with Gasteiger partial charge >= 0.3 is 5.97 Å². The predicted octanol–water partition coefficient (Wildman–Crippen LogP) is 3.62. The maximum atomic E-state index is 13.3. The number of hydrogen-bond acceptors (Lipinski definition) is 5. The Morgan fingerprint density at radius 1 is 1.15 bits per heavy atom. The number of rotatable bonds is 5. The van der Waals surface area contributed by atoms with Gasteiger partial charge < -0.3 is 25.1 Å². The van der Waals surface area contributed by atoms with E-state index in [4.69, 9.17) is 4.42 Å². The summed E-state index contributed by atoms with van der Waals surface area (Å²) in [5.74, 6) is -0.191. The number of amides is 2. The highest BCUT2D eigenvalue weighted by Crippen LogP contribution is 2.41. The monoisotopic (exact) mass is 475 g/mol. The van der Waals surface area contributed by atoms with Crippen LogP contribution in [-0.2, 0) is 15.0 Å². The highest BCUT2D eigenvalue weighted by molar-refractivity contribution is 5.99. The van der Waals surface area contributed by atoms with Crippen LogP contribution in [0.3, 0.4) is 0 Å². The molecule has 190 valence electrons. The van der Waals surface area contributed by atoms with Crippen molar-refractivity contribution in [1.29, 1.82) is 0 Å². The minimum absolute atomic E-state index is 0.0756. The van der Waals surface area contributed by atoms with Gasteiger partial charge in [-0.05, 0) is 66.4 Å². The van der Waals surface area contributed by atoms with Crippen molar-refractivity contribution in [3.05, 3.63) is 23.2 Å². The number of carbonyl (C=O) groups is 3. The lowest BCUT2D eigenvalue weighted by Crippen LogP contribution is -2.59. The fourth-order valence-corrected chi connectivity index (χ4v) is 5.35. The van der Waals surface area contributed by atoms with E-state index in [0.717, 1.165) is 6.42 Å². The van der Waals surface area contributed by atoms with Gasteiger partial charge in [-0.15, -0.1) is 0 Å². The Balaban J connectivity index is 1.72. The van der Waals surface area contributed by atoms with Crippen molar-refractivity contribution in [2.75, 3.05) is 6.54 Å². The van der Waals surface area contributed by atoms with Crippen LogP contribution in [0.4, 0.5) is 0 Å². The van der Waals surface area contributed by atoms with Crippen LogP contribution in [0.5, 0.6) is 0 Å². The van der Waals surface area contributed by atoms with E-state index in [2.05, 4.69) is 31.4 Å². The standard InChI is InChI=1S/C26H41N3O5/c1-15-17(13-20(34-15)24(2,3)4)21(30)27-18-11-12-29(22(18)31)19-10-9-16(28-25(5,6)7)14-26(19,8)23(32)33/h13,16,18-19,28H,9-12,14H2,1-8H3,(H,27,30)(H,32,33)/t16-,18+,19+,26-/m1/s1. The largest absolute Gasteiger partial charge is 0.481 e. The third-order valence-electron chi connectivity index (χ3n) is 7.14. The van der Waals surface area contributed by atoms with E-state index in [-0.39, 0.29) is 28.8 Å². The van der Waals surface area contributed by atoms with E-state index in [1.807, 2.05) is 20.8 Å². The lowest BCUT2D eigenvalue weighted by atomic mass is 9.68. The van der Waals surface area contributed by atoms with Crippen molar-refractivity contribution >= 4 is 17.8 Å². The molecule has 0 bridgehead atoms. The molecule has 8 nitrogen and oxygen atoms in total. The van der Waals surface area contributed by atoms with Crippen LogP contribution in [0.2, 0.25) is 0 Å². The molecule has 1 aromatic rings. The van der Waals surface area contributed by atoms with Crippen LogP contribution in [0.25, 0.3) is 0 Å². The Kier molecular flexibility index (Phi) is 6.97. The van der Waals surface area contributed by atoms with E-state index in [9.17, 15) is 19.5 Å². The molecule has 1 aliphatic heterocycles. The fraction of sp³-hybridized carbons (Fsp3) is 0.731. The second-order valence-corrected chi connectivity index (χ2v) is 12.3. The number of hydrogen-bond donors (Lipinski definition) is 3. The molecule has 1 aliphatic carbocycles. The quantitative estimate of drug-likeness (QED) is 0.600. The molecule has 0 unspecified atom stereocenters. The first-order chi connectivity index (χ1) is 15.5. The molecule has 0 radical (unpaired) electrons. The van der Waals surface area contributed by atoms with Gasteiger partial charge in [-0.3, -0.25) is 14.4 Å². The van der Waals surface area contributed by atoms with Gasteiger partial charge in [-0.1, -0.05) is 20.8 Å². The average molecular weight is 476 g/mol. The van der Waals surface area contributed by atoms with Crippen LogP contribution in [-0.4, -0.2) is 58.0 Å². The first-order valence-electron chi connectivity index (χ1n) is 12.3. The van der Waals surface area contributed by atoms with Crippen molar-refractivity contribution < 1.29 is 23.9 Å². The molecule has 2 heterocycles. The van der Waals surface area contributed by atoms with Crippen LogP contribution < -0.4 is 10.6 Å². The van der Waals surface area contributed by atoms with E-state index < -0.39 is 23.5 Å². The number of carboxylic acids is 1. The lowest BCUT2D eigenvalue weighted by molar-refractivity contribution is -0.158. The fourth-order valence-electron chi connectivity index (χ4n) is 5.35. The van der Waals surface area contributed by atoms with E-state index in [1.54, 1.807) is 24.8 Å². The molecule has 3 N–H and O–H groups in total. The molecule has 0 spiro atoms. The minimum atomic E-state index is -1.06. The summed E-state index contributed by atoms with van der Waals surface area (Å²) in [6, 6.07) is 0.753. The number of nitrogens with one attached hydrogen (secondary N) is 2. The predicted molar refractivity (Wildman–Crippen MR) is 130 cm³/mol. The number of carbonyl (C=O) groups excluding carboxylic acids is 2.